The molecule has 44 heavy (non-hydrogen) atoms. The highest BCUT2D eigenvalue weighted by Crippen LogP contribution is 2.29. The van der Waals surface area contributed by atoms with Gasteiger partial charge in [-0.05, 0) is 78.9 Å². The number of carbonyl (C=O) groups excluding carboxylic acids is 2. The van der Waals surface area contributed by atoms with E-state index in [2.05, 4.69) is 6.92 Å². The fourth-order valence-corrected chi connectivity index (χ4v) is 4.68. The monoisotopic (exact) mass is 612 g/mol. The van der Waals surface area contributed by atoms with E-state index in [1.807, 2.05) is 43.3 Å². The molecule has 238 valence electrons. The van der Waals surface area contributed by atoms with E-state index >= 15 is 0 Å². The van der Waals surface area contributed by atoms with Crippen molar-refractivity contribution in [3.63, 3.8) is 0 Å². The van der Waals surface area contributed by atoms with E-state index < -0.39 is 24.2 Å². The quantitative estimate of drug-likeness (QED) is 0.0813. The van der Waals surface area contributed by atoms with Gasteiger partial charge < -0.3 is 14.2 Å². The maximum atomic E-state index is 13.4. The molecule has 0 saturated carbocycles. The molecule has 0 bridgehead atoms. The molecule has 3 rings (SSSR count). The van der Waals surface area contributed by atoms with E-state index in [9.17, 15) is 22.8 Å². The SMILES string of the molecule is CCCCCCCCOc1ccc(-c2ccc(C(=O)Oc3ccc(C(=O)OC(CCCCCC)C(F)(F)F)cc3)cc2)cc1. The van der Waals surface area contributed by atoms with Crippen LogP contribution in [0.5, 0.6) is 11.5 Å². The molecular formula is C36H43F3O5. The minimum Gasteiger partial charge on any atom is -0.494 e. The predicted molar refractivity (Wildman–Crippen MR) is 166 cm³/mol. The van der Waals surface area contributed by atoms with Crippen molar-refractivity contribution in [2.24, 2.45) is 0 Å². The van der Waals surface area contributed by atoms with E-state index in [1.54, 1.807) is 12.1 Å². The van der Waals surface area contributed by atoms with E-state index in [0.29, 0.717) is 25.0 Å². The molecule has 8 heteroatoms. The molecule has 0 aliphatic rings. The highest BCUT2D eigenvalue weighted by Gasteiger charge is 2.42. The molecule has 1 atom stereocenters. The van der Waals surface area contributed by atoms with Gasteiger partial charge in [0, 0.05) is 0 Å². The number of alkyl halides is 3. The summed E-state index contributed by atoms with van der Waals surface area (Å²) in [4.78, 5) is 25.0. The van der Waals surface area contributed by atoms with Gasteiger partial charge in [0.05, 0.1) is 17.7 Å². The first-order valence-electron chi connectivity index (χ1n) is 15.6. The predicted octanol–water partition coefficient (Wildman–Crippen LogP) is 10.4. The lowest BCUT2D eigenvalue weighted by Gasteiger charge is -2.20. The first-order chi connectivity index (χ1) is 21.2. The van der Waals surface area contributed by atoms with E-state index in [0.717, 1.165) is 36.1 Å². The number of ether oxygens (including phenoxy) is 3. The molecule has 0 aromatic heterocycles. The average molecular weight is 613 g/mol. The molecule has 0 saturated heterocycles. The highest BCUT2D eigenvalue weighted by molar-refractivity contribution is 5.92. The Kier molecular flexibility index (Phi) is 14.3. The van der Waals surface area contributed by atoms with Crippen molar-refractivity contribution in [1.29, 1.82) is 0 Å². The Morgan fingerprint density at radius 3 is 1.68 bits per heavy atom. The maximum absolute atomic E-state index is 13.4. The minimum atomic E-state index is -4.64. The Morgan fingerprint density at radius 1 is 0.614 bits per heavy atom. The third-order valence-corrected chi connectivity index (χ3v) is 7.31. The first kappa shape index (κ1) is 34.7. The summed E-state index contributed by atoms with van der Waals surface area (Å²) in [6, 6.07) is 20.0. The van der Waals surface area contributed by atoms with Crippen LogP contribution >= 0.6 is 0 Å². The summed E-state index contributed by atoms with van der Waals surface area (Å²) in [6.45, 7) is 4.88. The highest BCUT2D eigenvalue weighted by atomic mass is 19.4. The van der Waals surface area contributed by atoms with Crippen LogP contribution in [-0.2, 0) is 4.74 Å². The van der Waals surface area contributed by atoms with Gasteiger partial charge in [0.2, 0.25) is 0 Å². The molecule has 0 aliphatic carbocycles. The lowest BCUT2D eigenvalue weighted by atomic mass is 10.0. The number of halogens is 3. The molecular weight excluding hydrogens is 569 g/mol. The lowest BCUT2D eigenvalue weighted by molar-refractivity contribution is -0.206. The van der Waals surface area contributed by atoms with Crippen molar-refractivity contribution in [1.82, 2.24) is 0 Å². The summed E-state index contributed by atoms with van der Waals surface area (Å²) < 4.78 is 56.1. The van der Waals surface area contributed by atoms with Crippen LogP contribution in [0.1, 0.15) is 105 Å². The second kappa shape index (κ2) is 18.1. The van der Waals surface area contributed by atoms with Gasteiger partial charge in [0.15, 0.2) is 6.10 Å². The van der Waals surface area contributed by atoms with Crippen LogP contribution in [0.3, 0.4) is 0 Å². The fourth-order valence-electron chi connectivity index (χ4n) is 4.68. The summed E-state index contributed by atoms with van der Waals surface area (Å²) in [6.07, 6.45) is 2.89. The van der Waals surface area contributed by atoms with Crippen molar-refractivity contribution in [2.45, 2.75) is 96.8 Å². The standard InChI is InChI=1S/C36H43F3O5/c1-3-5-7-9-10-12-26-42-31-22-18-28(19-23-31)27-14-16-29(17-15-27)34(40)43-32-24-20-30(21-25-32)35(41)44-33(36(37,38)39)13-11-8-6-4-2/h14-25,33H,3-13,26H2,1-2H3. The van der Waals surface area contributed by atoms with Gasteiger partial charge in [-0.2, -0.15) is 13.2 Å². The van der Waals surface area contributed by atoms with Crippen molar-refractivity contribution in [3.05, 3.63) is 83.9 Å². The topological polar surface area (TPSA) is 61.8 Å². The first-order valence-corrected chi connectivity index (χ1v) is 15.6. The summed E-state index contributed by atoms with van der Waals surface area (Å²) in [5.74, 6) is -0.702. The van der Waals surface area contributed by atoms with Crippen LogP contribution in [-0.4, -0.2) is 30.8 Å². The molecule has 0 aliphatic heterocycles. The summed E-state index contributed by atoms with van der Waals surface area (Å²) in [5, 5.41) is 0. The zero-order valence-electron chi connectivity index (χ0n) is 25.7. The molecule has 0 radical (unpaired) electrons. The van der Waals surface area contributed by atoms with Gasteiger partial charge in [0.25, 0.3) is 0 Å². The number of hydrogen-bond acceptors (Lipinski definition) is 5. The normalized spacial score (nSPS) is 12.0. The Balaban J connectivity index is 1.49. The van der Waals surface area contributed by atoms with Gasteiger partial charge in [-0.1, -0.05) is 89.5 Å². The van der Waals surface area contributed by atoms with Crippen molar-refractivity contribution in [3.8, 4) is 22.6 Å². The molecule has 0 amide bonds. The smallest absolute Gasteiger partial charge is 0.425 e. The third kappa shape index (κ3) is 11.7. The Bertz CT molecular complexity index is 1270. The summed E-state index contributed by atoms with van der Waals surface area (Å²) >= 11 is 0. The number of hydrogen-bond donors (Lipinski definition) is 0. The third-order valence-electron chi connectivity index (χ3n) is 7.31. The van der Waals surface area contributed by atoms with Crippen LogP contribution < -0.4 is 9.47 Å². The number of rotatable bonds is 18. The average Bonchev–Trinajstić information content (AvgIpc) is 3.02. The summed E-state index contributed by atoms with van der Waals surface area (Å²) in [5.41, 5.74) is 2.17. The Morgan fingerprint density at radius 2 is 1.09 bits per heavy atom. The largest absolute Gasteiger partial charge is 0.494 e. The van der Waals surface area contributed by atoms with Crippen LogP contribution in [0, 0.1) is 0 Å². The fraction of sp³-hybridized carbons (Fsp3) is 0.444. The maximum Gasteiger partial charge on any atom is 0.425 e. The molecule has 0 spiro atoms. The van der Waals surface area contributed by atoms with E-state index in [-0.39, 0.29) is 17.7 Å². The summed E-state index contributed by atoms with van der Waals surface area (Å²) in [7, 11) is 0. The Labute approximate surface area is 258 Å². The molecule has 0 N–H and O–H groups in total. The van der Waals surface area contributed by atoms with E-state index in [1.165, 1.54) is 56.4 Å². The van der Waals surface area contributed by atoms with Crippen molar-refractivity contribution >= 4 is 11.9 Å². The molecule has 0 fully saturated rings. The van der Waals surface area contributed by atoms with Crippen molar-refractivity contribution < 1.29 is 37.0 Å². The molecule has 3 aromatic rings. The zero-order valence-corrected chi connectivity index (χ0v) is 25.7. The second-order valence-corrected chi connectivity index (χ2v) is 10.9. The van der Waals surface area contributed by atoms with Crippen LogP contribution in [0.15, 0.2) is 72.8 Å². The number of unbranched alkanes of at least 4 members (excludes halogenated alkanes) is 8. The van der Waals surface area contributed by atoms with Gasteiger partial charge in [-0.3, -0.25) is 0 Å². The number of carbonyl (C=O) groups is 2. The Hall–Kier alpha value is -3.81. The zero-order chi connectivity index (χ0) is 31.8. The van der Waals surface area contributed by atoms with Gasteiger partial charge >= 0.3 is 18.1 Å². The molecule has 1 unspecified atom stereocenters. The molecule has 5 nitrogen and oxygen atoms in total. The van der Waals surface area contributed by atoms with Gasteiger partial charge in [-0.15, -0.1) is 0 Å². The number of esters is 2. The van der Waals surface area contributed by atoms with Crippen molar-refractivity contribution in [2.75, 3.05) is 6.61 Å². The van der Waals surface area contributed by atoms with E-state index in [4.69, 9.17) is 14.2 Å². The molecule has 0 heterocycles. The number of benzene rings is 3. The molecule has 3 aromatic carbocycles. The van der Waals surface area contributed by atoms with Crippen LogP contribution in [0.25, 0.3) is 11.1 Å². The van der Waals surface area contributed by atoms with Gasteiger partial charge in [0.1, 0.15) is 11.5 Å². The lowest BCUT2D eigenvalue weighted by Crippen LogP contribution is -2.33. The minimum absolute atomic E-state index is 0.0595. The second-order valence-electron chi connectivity index (χ2n) is 10.9. The van der Waals surface area contributed by atoms with Crippen LogP contribution in [0.4, 0.5) is 13.2 Å². The van der Waals surface area contributed by atoms with Gasteiger partial charge in [-0.25, -0.2) is 9.59 Å². The van der Waals surface area contributed by atoms with Crippen LogP contribution in [0.2, 0.25) is 0 Å².